The average molecular weight is 242 g/mol. The lowest BCUT2D eigenvalue weighted by atomic mass is 9.92. The topological polar surface area (TPSA) is 35.8 Å². The molecule has 0 radical (unpaired) electrons. The molecule has 2 atom stereocenters. The molecule has 0 unspecified atom stereocenters. The van der Waals surface area contributed by atoms with E-state index in [4.69, 9.17) is 0 Å². The molecule has 2 heteroatoms. The van der Waals surface area contributed by atoms with Gasteiger partial charge in [0.25, 0.3) is 0 Å². The Labute approximate surface area is 110 Å². The maximum absolute atomic E-state index is 9.52. The lowest BCUT2D eigenvalue weighted by Crippen LogP contribution is -2.47. The number of rotatable bonds is 3. The number of nitrogens with zero attached hydrogens (tertiary/aromatic N) is 1. The van der Waals surface area contributed by atoms with Gasteiger partial charge >= 0.3 is 0 Å². The Kier molecular flexibility index (Phi) is 2.99. The molecular formula is C16H22N2. The van der Waals surface area contributed by atoms with E-state index in [1.807, 2.05) is 6.07 Å². The third kappa shape index (κ3) is 2.42. The van der Waals surface area contributed by atoms with Crippen LogP contribution < -0.4 is 5.32 Å². The van der Waals surface area contributed by atoms with Crippen LogP contribution in [0.4, 0.5) is 0 Å². The molecule has 0 aliphatic heterocycles. The Morgan fingerprint density at radius 2 is 1.89 bits per heavy atom. The summed E-state index contributed by atoms with van der Waals surface area (Å²) in [5.41, 5.74) is 0.981. The molecule has 0 spiro atoms. The van der Waals surface area contributed by atoms with Crippen molar-refractivity contribution in [3.8, 4) is 6.07 Å². The van der Waals surface area contributed by atoms with Crippen molar-refractivity contribution in [3.63, 3.8) is 0 Å². The van der Waals surface area contributed by atoms with Crippen LogP contribution in [-0.2, 0) is 6.42 Å². The monoisotopic (exact) mass is 242 g/mol. The summed E-state index contributed by atoms with van der Waals surface area (Å²) in [4.78, 5) is 0. The van der Waals surface area contributed by atoms with Crippen molar-refractivity contribution in [1.82, 2.24) is 5.32 Å². The fourth-order valence-corrected chi connectivity index (χ4v) is 2.84. The first-order valence-electron chi connectivity index (χ1n) is 6.55. The van der Waals surface area contributed by atoms with Gasteiger partial charge in [0.1, 0.15) is 5.54 Å². The highest BCUT2D eigenvalue weighted by molar-refractivity contribution is 5.35. The molecule has 96 valence electrons. The van der Waals surface area contributed by atoms with E-state index in [1.165, 1.54) is 5.56 Å². The molecule has 1 aliphatic rings. The van der Waals surface area contributed by atoms with E-state index in [1.54, 1.807) is 0 Å². The smallest absolute Gasteiger partial charge is 0.113 e. The maximum atomic E-state index is 9.52. The molecule has 18 heavy (non-hydrogen) atoms. The summed E-state index contributed by atoms with van der Waals surface area (Å²) in [7, 11) is 0. The maximum Gasteiger partial charge on any atom is 0.113 e. The Bertz CT molecular complexity index is 466. The normalized spacial score (nSPS) is 30.8. The minimum absolute atomic E-state index is 0.0236. The number of hydrogen-bond acceptors (Lipinski definition) is 2. The molecule has 0 saturated heterocycles. The fourth-order valence-electron chi connectivity index (χ4n) is 2.84. The van der Waals surface area contributed by atoms with Crippen LogP contribution in [0.5, 0.6) is 0 Å². The van der Waals surface area contributed by atoms with Crippen molar-refractivity contribution in [2.45, 2.75) is 51.6 Å². The van der Waals surface area contributed by atoms with E-state index < -0.39 is 0 Å². The quantitative estimate of drug-likeness (QED) is 0.883. The predicted molar refractivity (Wildman–Crippen MR) is 74.1 cm³/mol. The summed E-state index contributed by atoms with van der Waals surface area (Å²) in [6, 6.07) is 12.9. The van der Waals surface area contributed by atoms with Gasteiger partial charge in [0, 0.05) is 11.0 Å². The first-order valence-corrected chi connectivity index (χ1v) is 6.55. The molecule has 0 aromatic heterocycles. The van der Waals surface area contributed by atoms with Gasteiger partial charge in [-0.25, -0.2) is 0 Å². The highest BCUT2D eigenvalue weighted by atomic mass is 15.1. The van der Waals surface area contributed by atoms with E-state index in [2.05, 4.69) is 63.3 Å². The lowest BCUT2D eigenvalue weighted by Gasteiger charge is -2.28. The summed E-state index contributed by atoms with van der Waals surface area (Å²) in [5, 5.41) is 13.0. The van der Waals surface area contributed by atoms with Crippen LogP contribution in [0.3, 0.4) is 0 Å². The van der Waals surface area contributed by atoms with Crippen molar-refractivity contribution in [1.29, 1.82) is 5.26 Å². The van der Waals surface area contributed by atoms with Gasteiger partial charge in [0.15, 0.2) is 0 Å². The van der Waals surface area contributed by atoms with E-state index >= 15 is 0 Å². The molecule has 0 bridgehead atoms. The van der Waals surface area contributed by atoms with Gasteiger partial charge in [-0.15, -0.1) is 0 Å². The molecular weight excluding hydrogens is 220 g/mol. The van der Waals surface area contributed by atoms with Gasteiger partial charge in [-0.05, 0) is 39.2 Å². The number of benzene rings is 1. The van der Waals surface area contributed by atoms with Crippen LogP contribution in [0.1, 0.15) is 39.7 Å². The van der Waals surface area contributed by atoms with E-state index in [-0.39, 0.29) is 16.5 Å². The Morgan fingerprint density at radius 1 is 1.28 bits per heavy atom. The molecule has 1 aliphatic carbocycles. The zero-order valence-electron chi connectivity index (χ0n) is 11.7. The van der Waals surface area contributed by atoms with Crippen LogP contribution in [0.15, 0.2) is 30.3 Å². The predicted octanol–water partition coefficient (Wildman–Crippen LogP) is 3.29. The van der Waals surface area contributed by atoms with Gasteiger partial charge in [-0.2, -0.15) is 5.26 Å². The molecule has 1 aromatic carbocycles. The molecule has 2 rings (SSSR count). The van der Waals surface area contributed by atoms with Crippen molar-refractivity contribution in [2.24, 2.45) is 5.41 Å². The van der Waals surface area contributed by atoms with Crippen molar-refractivity contribution in [2.75, 3.05) is 0 Å². The summed E-state index contributed by atoms with van der Waals surface area (Å²) in [5.74, 6) is 0. The van der Waals surface area contributed by atoms with Gasteiger partial charge in [0.05, 0.1) is 6.07 Å². The molecule has 1 N–H and O–H groups in total. The zero-order chi connectivity index (χ0) is 13.4. The average Bonchev–Trinajstić information content (AvgIpc) is 2.82. The van der Waals surface area contributed by atoms with Gasteiger partial charge in [-0.1, -0.05) is 37.3 Å². The van der Waals surface area contributed by atoms with Crippen LogP contribution in [-0.4, -0.2) is 11.1 Å². The summed E-state index contributed by atoms with van der Waals surface area (Å²) in [6.45, 7) is 8.57. The van der Waals surface area contributed by atoms with Crippen molar-refractivity contribution in [3.05, 3.63) is 35.9 Å². The standard InChI is InChI=1S/C16H22N2/c1-14(2,3)18-16(12-17)11-15(16,4)10-13-8-6-5-7-9-13/h5-9,18H,10-11H2,1-4H3/t15-,16+/m1/s1. The second-order valence-corrected chi connectivity index (χ2v) is 6.79. The number of hydrogen-bond donors (Lipinski definition) is 1. The van der Waals surface area contributed by atoms with E-state index in [9.17, 15) is 5.26 Å². The van der Waals surface area contributed by atoms with Crippen LogP contribution in [0.2, 0.25) is 0 Å². The largest absolute Gasteiger partial charge is 0.294 e. The SMILES string of the molecule is CC(C)(C)N[C@]1(C#N)C[C@@]1(C)Cc1ccccc1. The minimum Gasteiger partial charge on any atom is -0.294 e. The second kappa shape index (κ2) is 4.10. The molecule has 1 saturated carbocycles. The van der Waals surface area contributed by atoms with Crippen LogP contribution in [0, 0.1) is 16.7 Å². The Hall–Kier alpha value is -1.33. The Morgan fingerprint density at radius 3 is 2.39 bits per heavy atom. The van der Waals surface area contributed by atoms with Crippen LogP contribution in [0.25, 0.3) is 0 Å². The number of nitriles is 1. The van der Waals surface area contributed by atoms with Crippen LogP contribution >= 0.6 is 0 Å². The summed E-state index contributed by atoms with van der Waals surface area (Å²) in [6.07, 6.45) is 1.90. The minimum atomic E-state index is -0.360. The van der Waals surface area contributed by atoms with Crippen molar-refractivity contribution >= 4 is 0 Å². The third-order valence-corrected chi connectivity index (χ3v) is 3.78. The zero-order valence-corrected chi connectivity index (χ0v) is 11.7. The fraction of sp³-hybridized carbons (Fsp3) is 0.562. The molecule has 2 nitrogen and oxygen atoms in total. The first-order chi connectivity index (χ1) is 8.30. The van der Waals surface area contributed by atoms with E-state index in [0.717, 1.165) is 12.8 Å². The molecule has 0 heterocycles. The third-order valence-electron chi connectivity index (χ3n) is 3.78. The van der Waals surface area contributed by atoms with E-state index in [0.29, 0.717) is 0 Å². The highest BCUT2D eigenvalue weighted by Crippen LogP contribution is 2.58. The van der Waals surface area contributed by atoms with Crippen molar-refractivity contribution < 1.29 is 0 Å². The van der Waals surface area contributed by atoms with Gasteiger partial charge < -0.3 is 0 Å². The number of nitrogens with one attached hydrogen (secondary N) is 1. The first kappa shape index (κ1) is 13.1. The molecule has 0 amide bonds. The summed E-state index contributed by atoms with van der Waals surface area (Å²) >= 11 is 0. The lowest BCUT2D eigenvalue weighted by molar-refractivity contribution is 0.334. The molecule has 1 aromatic rings. The van der Waals surface area contributed by atoms with Gasteiger partial charge in [0.2, 0.25) is 0 Å². The molecule has 1 fully saturated rings. The Balaban J connectivity index is 2.13. The summed E-state index contributed by atoms with van der Waals surface area (Å²) < 4.78 is 0. The second-order valence-electron chi connectivity index (χ2n) is 6.79. The van der Waals surface area contributed by atoms with Gasteiger partial charge in [-0.3, -0.25) is 5.32 Å². The highest BCUT2D eigenvalue weighted by Gasteiger charge is 2.65.